The van der Waals surface area contributed by atoms with E-state index < -0.39 is 0 Å². The molecule has 1 fully saturated rings. The van der Waals surface area contributed by atoms with Crippen LogP contribution in [0.2, 0.25) is 0 Å². The van der Waals surface area contributed by atoms with Crippen molar-refractivity contribution in [3.05, 3.63) is 0 Å². The summed E-state index contributed by atoms with van der Waals surface area (Å²) in [6, 6.07) is 0. The van der Waals surface area contributed by atoms with Crippen LogP contribution in [0.1, 0.15) is 26.7 Å². The lowest BCUT2D eigenvalue weighted by Gasteiger charge is -2.34. The highest BCUT2D eigenvalue weighted by Gasteiger charge is 2.29. The maximum absolute atomic E-state index is 10.9. The first-order valence-electron chi connectivity index (χ1n) is 3.56. The predicted octanol–water partition coefficient (Wildman–Crippen LogP) is 0.930. The third-order valence-electron chi connectivity index (χ3n) is 1.93. The SMILES string of the molecule is CC1(C)CCC(=O)N(N)C1.Cl. The van der Waals surface area contributed by atoms with Crippen LogP contribution in [-0.2, 0) is 4.79 Å². The molecular formula is C7H15ClN2O. The zero-order chi connectivity index (χ0) is 7.78. The monoisotopic (exact) mass is 178 g/mol. The normalized spacial score (nSPS) is 22.8. The largest absolute Gasteiger partial charge is 0.280 e. The average Bonchev–Trinajstić information content (AvgIpc) is 1.79. The Morgan fingerprint density at radius 2 is 2.09 bits per heavy atom. The second-order valence-electron chi connectivity index (χ2n) is 3.69. The van der Waals surface area contributed by atoms with Crippen molar-refractivity contribution in [2.45, 2.75) is 26.7 Å². The average molecular weight is 179 g/mol. The zero-order valence-electron chi connectivity index (χ0n) is 6.96. The summed E-state index contributed by atoms with van der Waals surface area (Å²) in [5.41, 5.74) is 0.211. The highest BCUT2D eigenvalue weighted by molar-refractivity contribution is 5.85. The number of nitrogens with two attached hydrogens (primary N) is 1. The van der Waals surface area contributed by atoms with Gasteiger partial charge in [0.05, 0.1) is 0 Å². The highest BCUT2D eigenvalue weighted by Crippen LogP contribution is 2.27. The van der Waals surface area contributed by atoms with Gasteiger partial charge >= 0.3 is 0 Å². The van der Waals surface area contributed by atoms with Gasteiger partial charge in [-0.05, 0) is 11.8 Å². The Labute approximate surface area is 73.3 Å². The van der Waals surface area contributed by atoms with Gasteiger partial charge in [-0.25, -0.2) is 5.84 Å². The van der Waals surface area contributed by atoms with Gasteiger partial charge in [-0.2, -0.15) is 0 Å². The summed E-state index contributed by atoms with van der Waals surface area (Å²) >= 11 is 0. The van der Waals surface area contributed by atoms with Gasteiger partial charge in [0.25, 0.3) is 0 Å². The first-order valence-corrected chi connectivity index (χ1v) is 3.56. The van der Waals surface area contributed by atoms with E-state index in [-0.39, 0.29) is 23.7 Å². The van der Waals surface area contributed by atoms with Crippen LogP contribution in [0.4, 0.5) is 0 Å². The van der Waals surface area contributed by atoms with Crippen LogP contribution in [0.3, 0.4) is 0 Å². The fourth-order valence-corrected chi connectivity index (χ4v) is 1.22. The maximum Gasteiger partial charge on any atom is 0.236 e. The molecule has 11 heavy (non-hydrogen) atoms. The van der Waals surface area contributed by atoms with E-state index in [9.17, 15) is 4.79 Å². The third kappa shape index (κ3) is 2.67. The molecule has 0 unspecified atom stereocenters. The van der Waals surface area contributed by atoms with Crippen molar-refractivity contribution in [2.24, 2.45) is 11.3 Å². The molecule has 0 aromatic carbocycles. The molecule has 0 aromatic heterocycles. The molecule has 0 bridgehead atoms. The Balaban J connectivity index is 0.000001000. The molecule has 0 aliphatic carbocycles. The van der Waals surface area contributed by atoms with Gasteiger partial charge in [0, 0.05) is 13.0 Å². The lowest BCUT2D eigenvalue weighted by Crippen LogP contribution is -2.47. The Morgan fingerprint density at radius 3 is 2.45 bits per heavy atom. The van der Waals surface area contributed by atoms with Crippen LogP contribution in [0.25, 0.3) is 0 Å². The van der Waals surface area contributed by atoms with Crippen LogP contribution < -0.4 is 5.84 Å². The van der Waals surface area contributed by atoms with E-state index in [4.69, 9.17) is 5.84 Å². The lowest BCUT2D eigenvalue weighted by molar-refractivity contribution is -0.137. The van der Waals surface area contributed by atoms with Gasteiger partial charge in [0.15, 0.2) is 0 Å². The van der Waals surface area contributed by atoms with Crippen molar-refractivity contribution in [3.8, 4) is 0 Å². The van der Waals surface area contributed by atoms with Gasteiger partial charge in [0.2, 0.25) is 5.91 Å². The molecular weight excluding hydrogens is 164 g/mol. The molecule has 0 saturated carbocycles. The number of piperidine rings is 1. The number of rotatable bonds is 0. The molecule has 66 valence electrons. The van der Waals surface area contributed by atoms with E-state index >= 15 is 0 Å². The molecule has 0 spiro atoms. The Bertz CT molecular complexity index is 159. The van der Waals surface area contributed by atoms with E-state index in [1.807, 2.05) is 0 Å². The van der Waals surface area contributed by atoms with Crippen molar-refractivity contribution >= 4 is 18.3 Å². The minimum Gasteiger partial charge on any atom is -0.280 e. The molecule has 3 nitrogen and oxygen atoms in total. The predicted molar refractivity (Wildman–Crippen MR) is 46.2 cm³/mol. The zero-order valence-corrected chi connectivity index (χ0v) is 7.78. The number of hydrogen-bond acceptors (Lipinski definition) is 2. The topological polar surface area (TPSA) is 46.3 Å². The Kier molecular flexibility index (Phi) is 3.32. The van der Waals surface area contributed by atoms with Crippen molar-refractivity contribution in [1.29, 1.82) is 0 Å². The first kappa shape index (κ1) is 10.7. The third-order valence-corrected chi connectivity index (χ3v) is 1.93. The molecule has 1 heterocycles. The summed E-state index contributed by atoms with van der Waals surface area (Å²) in [5, 5.41) is 1.32. The number of amides is 1. The first-order chi connectivity index (χ1) is 4.51. The van der Waals surface area contributed by atoms with Crippen LogP contribution in [0, 0.1) is 5.41 Å². The number of carbonyl (C=O) groups excluding carboxylic acids is 1. The molecule has 1 saturated heterocycles. The fraction of sp³-hybridized carbons (Fsp3) is 0.857. The van der Waals surface area contributed by atoms with E-state index in [1.54, 1.807) is 0 Å². The second-order valence-corrected chi connectivity index (χ2v) is 3.69. The number of hydrogen-bond donors (Lipinski definition) is 1. The fourth-order valence-electron chi connectivity index (χ4n) is 1.22. The summed E-state index contributed by atoms with van der Waals surface area (Å²) in [7, 11) is 0. The van der Waals surface area contributed by atoms with E-state index in [1.165, 1.54) is 5.01 Å². The standard InChI is InChI=1S/C7H14N2O.ClH/c1-7(2)4-3-6(10)9(8)5-7;/h3-5,8H2,1-2H3;1H. The molecule has 2 N–H and O–H groups in total. The van der Waals surface area contributed by atoms with Crippen molar-refractivity contribution in [3.63, 3.8) is 0 Å². The summed E-state index contributed by atoms with van der Waals surface area (Å²) in [6.45, 7) is 4.93. The van der Waals surface area contributed by atoms with Gasteiger partial charge < -0.3 is 0 Å². The smallest absolute Gasteiger partial charge is 0.236 e. The van der Waals surface area contributed by atoms with Gasteiger partial charge in [-0.1, -0.05) is 13.8 Å². The molecule has 0 atom stereocenters. The van der Waals surface area contributed by atoms with Crippen molar-refractivity contribution in [2.75, 3.05) is 6.54 Å². The molecule has 1 aliphatic rings. The van der Waals surface area contributed by atoms with Crippen LogP contribution in [-0.4, -0.2) is 17.5 Å². The summed E-state index contributed by atoms with van der Waals surface area (Å²) in [4.78, 5) is 10.9. The van der Waals surface area contributed by atoms with Gasteiger partial charge in [-0.15, -0.1) is 12.4 Å². The van der Waals surface area contributed by atoms with Crippen LogP contribution in [0.15, 0.2) is 0 Å². The van der Waals surface area contributed by atoms with Gasteiger partial charge in [0.1, 0.15) is 0 Å². The van der Waals surface area contributed by atoms with Crippen molar-refractivity contribution in [1.82, 2.24) is 5.01 Å². The second kappa shape index (κ2) is 3.41. The van der Waals surface area contributed by atoms with Crippen LogP contribution in [0.5, 0.6) is 0 Å². The Morgan fingerprint density at radius 1 is 1.55 bits per heavy atom. The summed E-state index contributed by atoms with van der Waals surface area (Å²) in [6.07, 6.45) is 1.56. The van der Waals surface area contributed by atoms with E-state index in [2.05, 4.69) is 13.8 Å². The number of halogens is 1. The number of carbonyl (C=O) groups is 1. The minimum atomic E-state index is 0. The molecule has 1 rings (SSSR count). The van der Waals surface area contributed by atoms with Gasteiger partial charge in [-0.3, -0.25) is 9.80 Å². The van der Waals surface area contributed by atoms with E-state index in [0.717, 1.165) is 6.42 Å². The van der Waals surface area contributed by atoms with Crippen molar-refractivity contribution < 1.29 is 4.79 Å². The molecule has 4 heteroatoms. The lowest BCUT2D eigenvalue weighted by atomic mass is 9.85. The summed E-state index contributed by atoms with van der Waals surface area (Å²) in [5.74, 6) is 5.51. The van der Waals surface area contributed by atoms with E-state index in [0.29, 0.717) is 13.0 Å². The Hall–Kier alpha value is -0.280. The number of hydrazine groups is 1. The molecule has 1 amide bonds. The molecule has 0 aromatic rings. The molecule has 1 aliphatic heterocycles. The highest BCUT2D eigenvalue weighted by atomic mass is 35.5. The van der Waals surface area contributed by atoms with Crippen LogP contribution >= 0.6 is 12.4 Å². The quantitative estimate of drug-likeness (QED) is 0.443. The summed E-state index contributed by atoms with van der Waals surface area (Å²) < 4.78 is 0. The molecule has 0 radical (unpaired) electrons. The minimum absolute atomic E-state index is 0. The number of nitrogens with zero attached hydrogens (tertiary/aromatic N) is 1. The maximum atomic E-state index is 10.9.